The Labute approximate surface area is 91.6 Å². The zero-order chi connectivity index (χ0) is 12.3. The van der Waals surface area contributed by atoms with Crippen LogP contribution in [-0.4, -0.2) is 16.0 Å². The van der Waals surface area contributed by atoms with E-state index in [1.807, 2.05) is 0 Å². The van der Waals surface area contributed by atoms with Gasteiger partial charge in [0, 0.05) is 24.6 Å². The van der Waals surface area contributed by atoms with Crippen molar-refractivity contribution < 1.29 is 19.6 Å². The molecule has 0 aliphatic heterocycles. The minimum absolute atomic E-state index is 0.139. The number of nitrogens with zero attached hydrogens (tertiary/aromatic N) is 1. The molecule has 0 fully saturated rings. The Bertz CT molecular complexity index is 429. The van der Waals surface area contributed by atoms with Gasteiger partial charge >= 0.3 is 5.97 Å². The summed E-state index contributed by atoms with van der Waals surface area (Å²) < 4.78 is 4.83. The number of rotatable bonds is 3. The van der Waals surface area contributed by atoms with E-state index in [-0.39, 0.29) is 17.0 Å². The fourth-order valence-electron chi connectivity index (χ4n) is 1.29. The number of non-ortho nitro benzene ring substituents is 1. The second kappa shape index (κ2) is 4.61. The first-order valence-electron chi connectivity index (χ1n) is 4.56. The van der Waals surface area contributed by atoms with Crippen molar-refractivity contribution in [3.05, 3.63) is 33.9 Å². The lowest BCUT2D eigenvalue weighted by atomic mass is 10.1. The van der Waals surface area contributed by atoms with Crippen molar-refractivity contribution in [1.29, 1.82) is 0 Å². The average molecular weight is 225 g/mol. The summed E-state index contributed by atoms with van der Waals surface area (Å²) in [6.45, 7) is 2.76. The molecule has 0 aliphatic carbocycles. The van der Waals surface area contributed by atoms with E-state index in [9.17, 15) is 20.0 Å². The molecular weight excluding hydrogens is 214 g/mol. The smallest absolute Gasteiger partial charge is 0.303 e. The molecule has 0 radical (unpaired) electrons. The molecule has 0 aliphatic rings. The normalized spacial score (nSPS) is 11.9. The van der Waals surface area contributed by atoms with E-state index in [0.29, 0.717) is 0 Å². The van der Waals surface area contributed by atoms with Crippen LogP contribution in [0.3, 0.4) is 0 Å². The number of phenolic OH excluding ortho intramolecular Hbond substituents is 1. The minimum Gasteiger partial charge on any atom is -0.508 e. The molecule has 1 aromatic rings. The van der Waals surface area contributed by atoms with Crippen LogP contribution in [0.15, 0.2) is 18.2 Å². The molecule has 1 N–H and O–H groups in total. The van der Waals surface area contributed by atoms with Crippen molar-refractivity contribution >= 4 is 11.7 Å². The highest BCUT2D eigenvalue weighted by atomic mass is 16.6. The number of nitro benzene ring substituents is 1. The van der Waals surface area contributed by atoms with Crippen molar-refractivity contribution in [3.63, 3.8) is 0 Å². The Kier molecular flexibility index (Phi) is 3.44. The quantitative estimate of drug-likeness (QED) is 0.482. The summed E-state index contributed by atoms with van der Waals surface area (Å²) in [4.78, 5) is 20.7. The highest BCUT2D eigenvalue weighted by Crippen LogP contribution is 2.30. The van der Waals surface area contributed by atoms with E-state index in [2.05, 4.69) is 0 Å². The van der Waals surface area contributed by atoms with E-state index >= 15 is 0 Å². The molecule has 6 nitrogen and oxygen atoms in total. The van der Waals surface area contributed by atoms with Crippen LogP contribution >= 0.6 is 0 Å². The summed E-state index contributed by atoms with van der Waals surface area (Å²) in [5.41, 5.74) is 0.0520. The third kappa shape index (κ3) is 2.69. The first kappa shape index (κ1) is 12.0. The third-order valence-electron chi connectivity index (χ3n) is 2.00. The number of ether oxygens (including phenoxy) is 1. The van der Waals surface area contributed by atoms with Crippen LogP contribution in [0.4, 0.5) is 5.69 Å². The van der Waals surface area contributed by atoms with Gasteiger partial charge in [0.05, 0.1) is 4.92 Å². The van der Waals surface area contributed by atoms with Gasteiger partial charge < -0.3 is 9.84 Å². The maximum Gasteiger partial charge on any atom is 0.303 e. The molecule has 6 heteroatoms. The number of hydrogen-bond donors (Lipinski definition) is 1. The van der Waals surface area contributed by atoms with E-state index in [1.54, 1.807) is 0 Å². The van der Waals surface area contributed by atoms with Crippen molar-refractivity contribution in [1.82, 2.24) is 0 Å². The van der Waals surface area contributed by atoms with Crippen LogP contribution in [0.1, 0.15) is 25.5 Å². The number of hydrogen-bond acceptors (Lipinski definition) is 5. The van der Waals surface area contributed by atoms with Gasteiger partial charge in [-0.2, -0.15) is 0 Å². The van der Waals surface area contributed by atoms with Gasteiger partial charge in [-0.25, -0.2) is 0 Å². The summed E-state index contributed by atoms with van der Waals surface area (Å²) in [7, 11) is 0. The maximum atomic E-state index is 10.7. The van der Waals surface area contributed by atoms with E-state index < -0.39 is 17.0 Å². The fourth-order valence-corrected chi connectivity index (χ4v) is 1.29. The van der Waals surface area contributed by atoms with Crippen LogP contribution in [0, 0.1) is 10.1 Å². The van der Waals surface area contributed by atoms with Gasteiger partial charge in [0.1, 0.15) is 11.9 Å². The molecule has 0 bridgehead atoms. The molecule has 16 heavy (non-hydrogen) atoms. The van der Waals surface area contributed by atoms with Crippen molar-refractivity contribution in [3.8, 4) is 5.75 Å². The van der Waals surface area contributed by atoms with E-state index in [1.165, 1.54) is 32.0 Å². The van der Waals surface area contributed by atoms with Crippen LogP contribution in [0.5, 0.6) is 5.75 Å². The number of phenols is 1. The molecule has 0 amide bonds. The molecular formula is C10H11NO5. The molecule has 1 atom stereocenters. The van der Waals surface area contributed by atoms with E-state index in [0.717, 1.165) is 0 Å². The second-order valence-corrected chi connectivity index (χ2v) is 3.25. The number of esters is 1. The third-order valence-corrected chi connectivity index (χ3v) is 2.00. The highest BCUT2D eigenvalue weighted by Gasteiger charge is 2.17. The summed E-state index contributed by atoms with van der Waals surface area (Å²) in [5.74, 6) is -0.655. The summed E-state index contributed by atoms with van der Waals surface area (Å²) in [6.07, 6.45) is -0.725. The SMILES string of the molecule is CC(=O)OC(C)c1cc([N+](=O)[O-])ccc1O. The first-order chi connectivity index (χ1) is 7.41. The van der Waals surface area contributed by atoms with Gasteiger partial charge in [0.2, 0.25) is 0 Å². The van der Waals surface area contributed by atoms with Crippen LogP contribution < -0.4 is 0 Å². The van der Waals surface area contributed by atoms with Crippen LogP contribution in [0.25, 0.3) is 0 Å². The molecule has 0 saturated carbocycles. The zero-order valence-corrected chi connectivity index (χ0v) is 8.84. The van der Waals surface area contributed by atoms with Crippen molar-refractivity contribution in [2.45, 2.75) is 20.0 Å². The maximum absolute atomic E-state index is 10.7. The Morgan fingerprint density at radius 3 is 2.69 bits per heavy atom. The monoisotopic (exact) mass is 225 g/mol. The number of aromatic hydroxyl groups is 1. The number of carbonyl (C=O) groups is 1. The fraction of sp³-hybridized carbons (Fsp3) is 0.300. The average Bonchev–Trinajstić information content (AvgIpc) is 2.16. The summed E-state index contributed by atoms with van der Waals surface area (Å²) >= 11 is 0. The Morgan fingerprint density at radius 1 is 1.56 bits per heavy atom. The Morgan fingerprint density at radius 2 is 2.19 bits per heavy atom. The largest absolute Gasteiger partial charge is 0.508 e. The summed E-state index contributed by atoms with van der Waals surface area (Å²) in [6, 6.07) is 3.57. The first-order valence-corrected chi connectivity index (χ1v) is 4.56. The lowest BCUT2D eigenvalue weighted by Gasteiger charge is -2.13. The molecule has 1 rings (SSSR count). The lowest BCUT2D eigenvalue weighted by Crippen LogP contribution is -2.05. The van der Waals surface area contributed by atoms with Gasteiger partial charge in [0.15, 0.2) is 0 Å². The van der Waals surface area contributed by atoms with Crippen LogP contribution in [0.2, 0.25) is 0 Å². The van der Waals surface area contributed by atoms with Crippen LogP contribution in [-0.2, 0) is 9.53 Å². The number of benzene rings is 1. The van der Waals surface area contributed by atoms with Gasteiger partial charge in [-0.15, -0.1) is 0 Å². The summed E-state index contributed by atoms with van der Waals surface area (Å²) in [5, 5.41) is 20.0. The Hall–Kier alpha value is -2.11. The van der Waals surface area contributed by atoms with Crippen molar-refractivity contribution in [2.75, 3.05) is 0 Å². The molecule has 0 heterocycles. The lowest BCUT2D eigenvalue weighted by molar-refractivity contribution is -0.385. The number of carbonyl (C=O) groups excluding carboxylic acids is 1. The van der Waals surface area contributed by atoms with Gasteiger partial charge in [0.25, 0.3) is 5.69 Å². The molecule has 86 valence electrons. The topological polar surface area (TPSA) is 89.7 Å². The van der Waals surface area contributed by atoms with E-state index in [4.69, 9.17) is 4.74 Å². The minimum atomic E-state index is -0.725. The Balaban J connectivity index is 3.06. The van der Waals surface area contributed by atoms with Gasteiger partial charge in [-0.05, 0) is 13.0 Å². The second-order valence-electron chi connectivity index (χ2n) is 3.25. The van der Waals surface area contributed by atoms with Crippen molar-refractivity contribution in [2.24, 2.45) is 0 Å². The molecule has 1 unspecified atom stereocenters. The highest BCUT2D eigenvalue weighted by molar-refractivity contribution is 5.66. The molecule has 1 aromatic carbocycles. The van der Waals surface area contributed by atoms with Gasteiger partial charge in [-0.1, -0.05) is 0 Å². The zero-order valence-electron chi connectivity index (χ0n) is 8.84. The number of nitro groups is 1. The van der Waals surface area contributed by atoms with Gasteiger partial charge in [-0.3, -0.25) is 14.9 Å². The molecule has 0 spiro atoms. The molecule has 0 saturated heterocycles. The predicted octanol–water partition coefficient (Wildman–Crippen LogP) is 1.92. The standard InChI is InChI=1S/C10H11NO5/c1-6(16-7(2)12)9-5-8(11(14)15)3-4-10(9)13/h3-6,13H,1-2H3. The molecule has 0 aromatic heterocycles. The predicted molar refractivity (Wildman–Crippen MR) is 54.9 cm³/mol.